The first kappa shape index (κ1) is 18.5. The van der Waals surface area contributed by atoms with Crippen molar-refractivity contribution in [3.63, 3.8) is 0 Å². The van der Waals surface area contributed by atoms with Crippen LogP contribution in [-0.2, 0) is 14.9 Å². The van der Waals surface area contributed by atoms with Gasteiger partial charge in [0.15, 0.2) is 0 Å². The average Bonchev–Trinajstić information content (AvgIpc) is 2.81. The summed E-state index contributed by atoms with van der Waals surface area (Å²) in [6.45, 7) is 5.46. The number of alkyl halides is 3. The summed E-state index contributed by atoms with van der Waals surface area (Å²) in [5.41, 5.74) is -0.00653. The van der Waals surface area contributed by atoms with Gasteiger partial charge in [0.2, 0.25) is 0 Å². The number of hydrogen-bond acceptors (Lipinski definition) is 5. The zero-order valence-corrected chi connectivity index (χ0v) is 15.5. The Morgan fingerprint density at radius 2 is 1.89 bits per heavy atom. The van der Waals surface area contributed by atoms with Crippen LogP contribution in [0.5, 0.6) is 0 Å². The molecule has 7 nitrogen and oxygen atoms in total. The summed E-state index contributed by atoms with van der Waals surface area (Å²) in [4.78, 5) is 11.9. The van der Waals surface area contributed by atoms with E-state index < -0.39 is 24.2 Å². The zero-order chi connectivity index (χ0) is 19.7. The first-order valence-electron chi connectivity index (χ1n) is 9.05. The highest BCUT2D eigenvalue weighted by Crippen LogP contribution is 2.67. The van der Waals surface area contributed by atoms with E-state index in [0.717, 1.165) is 25.0 Å². The number of carbonyl (C=O) groups excluding carboxylic acids is 1. The Kier molecular flexibility index (Phi) is 3.83. The van der Waals surface area contributed by atoms with Crippen molar-refractivity contribution in [2.24, 2.45) is 0 Å². The maximum atomic E-state index is 12.2. The van der Waals surface area contributed by atoms with Crippen LogP contribution in [0.1, 0.15) is 64.6 Å². The lowest BCUT2D eigenvalue weighted by Crippen LogP contribution is -2.77. The maximum absolute atomic E-state index is 12.2. The number of hydrogen-bond donors (Lipinski definition) is 1. The number of rotatable bonds is 4. The van der Waals surface area contributed by atoms with Crippen LogP contribution in [0.4, 0.5) is 18.0 Å². The van der Waals surface area contributed by atoms with Gasteiger partial charge in [-0.3, -0.25) is 4.74 Å². The van der Waals surface area contributed by atoms with E-state index in [0.29, 0.717) is 0 Å². The quantitative estimate of drug-likeness (QED) is 0.857. The van der Waals surface area contributed by atoms with E-state index in [2.05, 4.69) is 20.4 Å². The summed E-state index contributed by atoms with van der Waals surface area (Å²) in [7, 11) is 0. The van der Waals surface area contributed by atoms with Gasteiger partial charge in [-0.15, -0.1) is 18.3 Å². The van der Waals surface area contributed by atoms with Crippen LogP contribution in [0, 0.1) is 0 Å². The molecule has 0 radical (unpaired) electrons. The van der Waals surface area contributed by atoms with Crippen LogP contribution in [-0.4, -0.2) is 44.7 Å². The molecule has 0 aliphatic heterocycles. The molecule has 0 aromatic carbocycles. The number of ether oxygens (including phenoxy) is 2. The molecule has 2 bridgehead atoms. The number of halogens is 3. The molecule has 4 aliphatic rings. The lowest BCUT2D eigenvalue weighted by Gasteiger charge is -2.69. The lowest BCUT2D eigenvalue weighted by atomic mass is 9.38. The normalized spacial score (nSPS) is 34.9. The highest BCUT2D eigenvalue weighted by molar-refractivity contribution is 5.70. The molecule has 0 saturated heterocycles. The Morgan fingerprint density at radius 1 is 1.26 bits per heavy atom. The molecule has 1 aromatic rings. The van der Waals surface area contributed by atoms with Crippen LogP contribution in [0.2, 0.25) is 0 Å². The van der Waals surface area contributed by atoms with Crippen LogP contribution >= 0.6 is 0 Å². The van der Waals surface area contributed by atoms with Gasteiger partial charge >= 0.3 is 12.5 Å². The van der Waals surface area contributed by atoms with Crippen molar-refractivity contribution in [1.29, 1.82) is 0 Å². The van der Waals surface area contributed by atoms with E-state index >= 15 is 0 Å². The van der Waals surface area contributed by atoms with Crippen LogP contribution in [0.15, 0.2) is 6.20 Å². The molecule has 27 heavy (non-hydrogen) atoms. The summed E-state index contributed by atoms with van der Waals surface area (Å²) in [5.74, 6) is 0. The number of amides is 1. The topological polar surface area (TPSA) is 78.3 Å². The molecule has 4 fully saturated rings. The monoisotopic (exact) mass is 388 g/mol. The molecular weight excluding hydrogens is 365 g/mol. The summed E-state index contributed by atoms with van der Waals surface area (Å²) < 4.78 is 47.5. The highest BCUT2D eigenvalue weighted by atomic mass is 19.4. The Balaban J connectivity index is 1.28. The summed E-state index contributed by atoms with van der Waals surface area (Å²) in [5, 5.41) is 11.3. The van der Waals surface area contributed by atoms with Crippen LogP contribution in [0.25, 0.3) is 0 Å². The van der Waals surface area contributed by atoms with Gasteiger partial charge in [-0.2, -0.15) is 0 Å². The minimum absolute atomic E-state index is 0.0844. The van der Waals surface area contributed by atoms with Gasteiger partial charge in [0, 0.05) is 17.2 Å². The molecule has 10 heteroatoms. The van der Waals surface area contributed by atoms with Crippen molar-refractivity contribution < 1.29 is 27.4 Å². The van der Waals surface area contributed by atoms with Gasteiger partial charge < -0.3 is 10.1 Å². The standard InChI is InChI=1S/C17H23F3N4O3/c1-14(2,3)27-13(25)21-16-7-15(8-16,9-16)12-6-24(23-22-12)10-4-11(5-10)26-17(18,19)20/h6,10-11H,4-5,7-9H2,1-3H3,(H,21,25)/t10-,11+,15?,16?. The number of carbonyl (C=O) groups is 1. The summed E-state index contributed by atoms with van der Waals surface area (Å²) in [6.07, 6.45) is -1.09. The SMILES string of the molecule is CC(C)(C)OC(=O)NC12CC(c3cn([C@H]4C[C@@H](OC(F)(F)F)C4)nn3)(C1)C2. The minimum Gasteiger partial charge on any atom is -0.444 e. The van der Waals surface area contributed by atoms with Crippen molar-refractivity contribution >= 4 is 6.09 Å². The molecule has 1 aromatic heterocycles. The van der Waals surface area contributed by atoms with Crippen molar-refractivity contribution in [1.82, 2.24) is 20.3 Å². The van der Waals surface area contributed by atoms with E-state index in [4.69, 9.17) is 4.74 Å². The first-order chi connectivity index (χ1) is 12.4. The Morgan fingerprint density at radius 3 is 2.44 bits per heavy atom. The summed E-state index contributed by atoms with van der Waals surface area (Å²) in [6, 6.07) is -0.111. The van der Waals surface area contributed by atoms with Crippen LogP contribution in [0.3, 0.4) is 0 Å². The Bertz CT molecular complexity index is 730. The minimum atomic E-state index is -4.59. The smallest absolute Gasteiger partial charge is 0.444 e. The van der Waals surface area contributed by atoms with Gasteiger partial charge in [0.05, 0.1) is 17.8 Å². The first-order valence-corrected chi connectivity index (χ1v) is 9.05. The molecule has 1 amide bonds. The zero-order valence-electron chi connectivity index (χ0n) is 15.5. The third kappa shape index (κ3) is 3.51. The fourth-order valence-electron chi connectivity index (χ4n) is 4.45. The van der Waals surface area contributed by atoms with Crippen LogP contribution < -0.4 is 5.32 Å². The van der Waals surface area contributed by atoms with Gasteiger partial charge in [0.25, 0.3) is 0 Å². The maximum Gasteiger partial charge on any atom is 0.522 e. The predicted molar refractivity (Wildman–Crippen MR) is 86.9 cm³/mol. The van der Waals surface area contributed by atoms with Crippen molar-refractivity contribution in [2.75, 3.05) is 0 Å². The number of nitrogens with zero attached hydrogens (tertiary/aromatic N) is 3. The highest BCUT2D eigenvalue weighted by Gasteiger charge is 2.70. The second-order valence-electron chi connectivity index (χ2n) is 9.11. The molecular formula is C17H23F3N4O3. The third-order valence-electron chi connectivity index (χ3n) is 5.59. The molecule has 1 heterocycles. The molecule has 0 spiro atoms. The molecule has 4 aliphatic carbocycles. The van der Waals surface area contributed by atoms with E-state index in [1.807, 2.05) is 27.0 Å². The molecule has 4 saturated carbocycles. The second kappa shape index (κ2) is 5.59. The summed E-state index contributed by atoms with van der Waals surface area (Å²) >= 11 is 0. The average molecular weight is 388 g/mol. The predicted octanol–water partition coefficient (Wildman–Crippen LogP) is 3.22. The second-order valence-corrected chi connectivity index (χ2v) is 9.11. The van der Waals surface area contributed by atoms with E-state index in [1.165, 1.54) is 0 Å². The molecule has 5 rings (SSSR count). The van der Waals surface area contributed by atoms with E-state index in [1.54, 1.807) is 4.68 Å². The Hall–Kier alpha value is -1.84. The van der Waals surface area contributed by atoms with Crippen molar-refractivity contribution in [3.05, 3.63) is 11.9 Å². The van der Waals surface area contributed by atoms with Gasteiger partial charge in [-0.1, -0.05) is 5.21 Å². The Labute approximate surface area is 154 Å². The van der Waals surface area contributed by atoms with Crippen molar-refractivity contribution in [2.45, 2.75) is 87.9 Å². The van der Waals surface area contributed by atoms with Gasteiger partial charge in [0.1, 0.15) is 5.60 Å². The van der Waals surface area contributed by atoms with Gasteiger partial charge in [-0.25, -0.2) is 9.48 Å². The molecule has 0 atom stereocenters. The lowest BCUT2D eigenvalue weighted by molar-refractivity contribution is -0.353. The number of alkyl carbamates (subject to hydrolysis) is 1. The van der Waals surface area contributed by atoms with E-state index in [9.17, 15) is 18.0 Å². The molecule has 1 N–H and O–H groups in total. The molecule has 0 unspecified atom stereocenters. The molecule has 150 valence electrons. The van der Waals surface area contributed by atoms with Gasteiger partial charge in [-0.05, 0) is 52.9 Å². The largest absolute Gasteiger partial charge is 0.522 e. The third-order valence-corrected chi connectivity index (χ3v) is 5.59. The van der Waals surface area contributed by atoms with E-state index in [-0.39, 0.29) is 29.8 Å². The fraction of sp³-hybridized carbons (Fsp3) is 0.824. The fourth-order valence-corrected chi connectivity index (χ4v) is 4.45. The number of aromatic nitrogens is 3. The van der Waals surface area contributed by atoms with Crippen molar-refractivity contribution in [3.8, 4) is 0 Å². The number of nitrogens with one attached hydrogen (secondary N) is 1.